The number of benzene rings is 7. The van der Waals surface area contributed by atoms with Gasteiger partial charge in [-0.15, -0.1) is 0 Å². The molecule has 0 amide bonds. The van der Waals surface area contributed by atoms with Crippen molar-refractivity contribution in [1.82, 2.24) is 4.57 Å². The van der Waals surface area contributed by atoms with E-state index in [4.69, 9.17) is 0 Å². The summed E-state index contributed by atoms with van der Waals surface area (Å²) in [6, 6.07) is 63.3. The van der Waals surface area contributed by atoms with Crippen molar-refractivity contribution in [3.8, 4) is 16.8 Å². The van der Waals surface area contributed by atoms with Gasteiger partial charge in [-0.3, -0.25) is 0 Å². The minimum atomic E-state index is -0.350. The van der Waals surface area contributed by atoms with E-state index >= 15 is 0 Å². The highest BCUT2D eigenvalue weighted by atomic mass is 15.2. The summed E-state index contributed by atoms with van der Waals surface area (Å²) in [4.78, 5) is 2.48. The molecule has 5 aliphatic rings. The number of hydrogen-bond acceptors (Lipinski definition) is 1. The number of para-hydroxylation sites is 3. The summed E-state index contributed by atoms with van der Waals surface area (Å²) in [5, 5.41) is 2.47. The van der Waals surface area contributed by atoms with Crippen molar-refractivity contribution in [2.45, 2.75) is 56.3 Å². The highest BCUT2D eigenvalue weighted by molar-refractivity contribution is 6.10. The molecule has 7 aromatic carbocycles. The fourth-order valence-corrected chi connectivity index (χ4v) is 13.3. The van der Waals surface area contributed by atoms with Crippen molar-refractivity contribution < 1.29 is 0 Å². The number of nitrogens with zero attached hydrogens (tertiary/aromatic N) is 2. The highest BCUT2D eigenvalue weighted by Crippen LogP contribution is 2.67. The van der Waals surface area contributed by atoms with Crippen molar-refractivity contribution in [3.63, 3.8) is 0 Å². The maximum Gasteiger partial charge on any atom is 0.0561 e. The second kappa shape index (κ2) is 15.2. The van der Waals surface area contributed by atoms with Crippen LogP contribution < -0.4 is 4.90 Å². The van der Waals surface area contributed by atoms with E-state index in [9.17, 15) is 0 Å². The molecule has 0 saturated carbocycles. The number of fused-ring (bicyclic) bond motifs is 13. The van der Waals surface area contributed by atoms with Crippen molar-refractivity contribution in [2.75, 3.05) is 4.90 Å². The van der Waals surface area contributed by atoms with Gasteiger partial charge in [-0.1, -0.05) is 197 Å². The van der Waals surface area contributed by atoms with Crippen LogP contribution in [0.25, 0.3) is 44.2 Å². The molecule has 8 aromatic rings. The zero-order valence-electron chi connectivity index (χ0n) is 39.1. The molecule has 5 aliphatic carbocycles. The molecule has 1 aromatic heterocycles. The van der Waals surface area contributed by atoms with Gasteiger partial charge in [0.2, 0.25) is 0 Å². The van der Waals surface area contributed by atoms with Gasteiger partial charge in [0.1, 0.15) is 0 Å². The molecule has 0 N–H and O–H groups in total. The first-order chi connectivity index (χ1) is 33.3. The summed E-state index contributed by atoms with van der Waals surface area (Å²) in [7, 11) is 0. The fourth-order valence-electron chi connectivity index (χ4n) is 13.3. The average molecular weight is 875 g/mol. The van der Waals surface area contributed by atoms with E-state index in [1.54, 1.807) is 5.57 Å². The minimum Gasteiger partial charge on any atom is -0.310 e. The number of allylic oxidation sites excluding steroid dienone is 12. The third kappa shape index (κ3) is 5.76. The molecule has 2 nitrogen and oxygen atoms in total. The largest absolute Gasteiger partial charge is 0.310 e. The minimum absolute atomic E-state index is 0.0593. The van der Waals surface area contributed by atoms with Crippen molar-refractivity contribution in [2.24, 2.45) is 5.92 Å². The Bertz CT molecular complexity index is 3570. The van der Waals surface area contributed by atoms with Crippen LogP contribution in [0.1, 0.15) is 67.9 Å². The SMILES string of the molecule is C=C/C(=C\C=C1/CC(C)(C)c2ccccc21)N(c1ccc2c3ccccc3n(-c3ccccc3)c2c1)c1ccccc1C1(C)C=CC2=C(C1)C1(c3ccccc3-c3ccccc31)C1CC=CC=C21. The van der Waals surface area contributed by atoms with E-state index in [2.05, 4.69) is 255 Å². The molecule has 1 spiro atoms. The Balaban J connectivity index is 1.02. The Kier molecular flexibility index (Phi) is 9.05. The number of aromatic nitrogens is 1. The second-order valence-electron chi connectivity index (χ2n) is 20.4. The van der Waals surface area contributed by atoms with Crippen LogP contribution in [-0.4, -0.2) is 4.57 Å². The number of hydrogen-bond donors (Lipinski definition) is 0. The molecule has 328 valence electrons. The summed E-state index contributed by atoms with van der Waals surface area (Å²) in [6.07, 6.45) is 21.7. The van der Waals surface area contributed by atoms with Gasteiger partial charge in [-0.2, -0.15) is 0 Å². The lowest BCUT2D eigenvalue weighted by atomic mass is 9.60. The summed E-state index contributed by atoms with van der Waals surface area (Å²) in [5.41, 5.74) is 21.7. The first-order valence-corrected chi connectivity index (χ1v) is 24.4. The molecule has 0 saturated heterocycles. The topological polar surface area (TPSA) is 8.17 Å². The van der Waals surface area contributed by atoms with E-state index in [0.717, 1.165) is 42.0 Å². The summed E-state index contributed by atoms with van der Waals surface area (Å²) < 4.78 is 2.42. The van der Waals surface area contributed by atoms with E-state index in [-0.39, 0.29) is 16.2 Å². The van der Waals surface area contributed by atoms with Gasteiger partial charge < -0.3 is 9.47 Å². The standard InChI is InChI=1S/C66H54N2/c1-5-45(36-35-44-42-64(2,3)55-28-14-9-23-48(44)55)67(47-37-38-54-53-27-13-19-33-61(53)68(63(54)41-47)46-21-7-6-8-22-46)62-34-20-18-32-59(62)65(4)40-39-52-51-26-12-17-31-58(51)66(60(52)43-65)56-29-15-10-24-49(56)50-25-11-16-30-57(50)66/h5-30,32-41,58H,1,31,42-43H2,2-4H3/b44-35+,45-36+. The summed E-state index contributed by atoms with van der Waals surface area (Å²) in [5.74, 6) is 0.332. The van der Waals surface area contributed by atoms with Gasteiger partial charge in [0.15, 0.2) is 0 Å². The van der Waals surface area contributed by atoms with Crippen LogP contribution in [-0.2, 0) is 16.2 Å². The average Bonchev–Trinajstić information content (AvgIpc) is 4.06. The zero-order chi connectivity index (χ0) is 45.8. The molecule has 0 bridgehead atoms. The monoisotopic (exact) mass is 874 g/mol. The van der Waals surface area contributed by atoms with Gasteiger partial charge in [0.05, 0.1) is 22.1 Å². The molecule has 0 radical (unpaired) electrons. The Morgan fingerprint density at radius 2 is 1.29 bits per heavy atom. The van der Waals surface area contributed by atoms with E-state index in [0.29, 0.717) is 5.92 Å². The van der Waals surface area contributed by atoms with Gasteiger partial charge >= 0.3 is 0 Å². The molecule has 2 atom stereocenters. The fraction of sp³-hybridized carbons (Fsp3) is 0.152. The molecule has 13 rings (SSSR count). The van der Waals surface area contributed by atoms with Crippen LogP contribution in [0.2, 0.25) is 0 Å². The first kappa shape index (κ1) is 40.6. The molecular weight excluding hydrogens is 821 g/mol. The molecule has 2 heteroatoms. The lowest BCUT2D eigenvalue weighted by Gasteiger charge is -2.42. The molecule has 68 heavy (non-hydrogen) atoms. The molecule has 0 aliphatic heterocycles. The Morgan fingerprint density at radius 3 is 2.06 bits per heavy atom. The third-order valence-corrected chi connectivity index (χ3v) is 16.2. The molecular formula is C66H54N2. The van der Waals surface area contributed by atoms with Gasteiger partial charge in [0.25, 0.3) is 0 Å². The maximum absolute atomic E-state index is 4.57. The van der Waals surface area contributed by atoms with E-state index in [1.807, 2.05) is 0 Å². The van der Waals surface area contributed by atoms with Crippen LogP contribution in [0, 0.1) is 5.92 Å². The van der Waals surface area contributed by atoms with Crippen LogP contribution in [0.3, 0.4) is 0 Å². The van der Waals surface area contributed by atoms with Crippen LogP contribution >= 0.6 is 0 Å². The van der Waals surface area contributed by atoms with E-state index < -0.39 is 0 Å². The Hall–Kier alpha value is -7.68. The number of anilines is 2. The maximum atomic E-state index is 4.57. The Morgan fingerprint density at radius 1 is 0.647 bits per heavy atom. The van der Waals surface area contributed by atoms with Gasteiger partial charge in [-0.05, 0) is 134 Å². The summed E-state index contributed by atoms with van der Waals surface area (Å²) >= 11 is 0. The number of rotatable bonds is 7. The van der Waals surface area contributed by atoms with Crippen LogP contribution in [0.5, 0.6) is 0 Å². The van der Waals surface area contributed by atoms with Crippen LogP contribution in [0.4, 0.5) is 11.4 Å². The van der Waals surface area contributed by atoms with Crippen molar-refractivity contribution >= 4 is 38.8 Å². The third-order valence-electron chi connectivity index (χ3n) is 16.2. The molecule has 1 heterocycles. The normalized spacial score (nSPS) is 20.9. The van der Waals surface area contributed by atoms with Crippen molar-refractivity contribution in [3.05, 3.63) is 275 Å². The molecule has 2 unspecified atom stereocenters. The molecule has 0 fully saturated rings. The lowest BCUT2D eigenvalue weighted by molar-refractivity contribution is 0.426. The smallest absolute Gasteiger partial charge is 0.0561 e. The highest BCUT2D eigenvalue weighted by Gasteiger charge is 2.58. The second-order valence-corrected chi connectivity index (χ2v) is 20.4. The predicted octanol–water partition coefficient (Wildman–Crippen LogP) is 16.8. The van der Waals surface area contributed by atoms with E-state index in [1.165, 1.54) is 77.5 Å². The zero-order valence-corrected chi connectivity index (χ0v) is 39.1. The van der Waals surface area contributed by atoms with Crippen LogP contribution in [0.15, 0.2) is 247 Å². The predicted molar refractivity (Wildman–Crippen MR) is 286 cm³/mol. The lowest BCUT2D eigenvalue weighted by Crippen LogP contribution is -2.37. The van der Waals surface area contributed by atoms with Crippen molar-refractivity contribution in [1.29, 1.82) is 0 Å². The summed E-state index contributed by atoms with van der Waals surface area (Å²) in [6.45, 7) is 11.8. The van der Waals surface area contributed by atoms with Gasteiger partial charge in [-0.25, -0.2) is 0 Å². The Labute approximate surface area is 400 Å². The quantitative estimate of drug-likeness (QED) is 0.145. The van der Waals surface area contributed by atoms with Gasteiger partial charge in [0, 0.05) is 39.2 Å². The first-order valence-electron chi connectivity index (χ1n) is 24.4.